The van der Waals surface area contributed by atoms with Crippen LogP contribution in [0.15, 0.2) is 30.3 Å². The maximum Gasteiger partial charge on any atom is 0.252 e. The number of hydrogen-bond donors (Lipinski definition) is 2. The summed E-state index contributed by atoms with van der Waals surface area (Å²) in [5, 5.41) is 4.53. The second-order valence-corrected chi connectivity index (χ2v) is 8.70. The fourth-order valence-electron chi connectivity index (χ4n) is 3.08. The van der Waals surface area contributed by atoms with Gasteiger partial charge in [-0.15, -0.1) is 23.2 Å². The molecule has 154 valence electrons. The van der Waals surface area contributed by atoms with E-state index in [4.69, 9.17) is 46.4 Å². The van der Waals surface area contributed by atoms with E-state index >= 15 is 0 Å². The van der Waals surface area contributed by atoms with Crippen LogP contribution in [0.3, 0.4) is 0 Å². The van der Waals surface area contributed by atoms with Crippen LogP contribution in [-0.2, 0) is 4.79 Å². The van der Waals surface area contributed by atoms with Crippen LogP contribution < -0.4 is 10.6 Å². The monoisotopic (exact) mass is 480 g/mol. The molecule has 2 aromatic rings. The Morgan fingerprint density at radius 1 is 1.10 bits per heavy atom. The summed E-state index contributed by atoms with van der Waals surface area (Å²) in [7, 11) is 0. The van der Waals surface area contributed by atoms with Gasteiger partial charge in [-0.3, -0.25) is 9.59 Å². The molecule has 0 bridgehead atoms. The minimum absolute atomic E-state index is 0.0186. The van der Waals surface area contributed by atoms with Gasteiger partial charge in [0.2, 0.25) is 5.91 Å². The van der Waals surface area contributed by atoms with Crippen LogP contribution in [0.2, 0.25) is 10.0 Å². The first kappa shape index (κ1) is 22.1. The molecular weight excluding hydrogens is 468 g/mol. The standard InChI is InChI=1S/C19H14Cl4F2N2O2/c1-2-26-17(28)10-6-9(7-13(25)16(10)21)27-18(29)15-14(19(15,22)23)8-3-4-12(24)11(20)5-8/h3-7,14-15H,2H2,1H3,(H,26,28)(H,27,29). The van der Waals surface area contributed by atoms with Gasteiger partial charge in [-0.05, 0) is 36.8 Å². The Kier molecular flexibility index (Phi) is 6.30. The zero-order valence-electron chi connectivity index (χ0n) is 14.8. The van der Waals surface area contributed by atoms with Crippen LogP contribution >= 0.6 is 46.4 Å². The largest absolute Gasteiger partial charge is 0.352 e. The van der Waals surface area contributed by atoms with Gasteiger partial charge in [-0.25, -0.2) is 8.78 Å². The lowest BCUT2D eigenvalue weighted by atomic mass is 10.1. The Morgan fingerprint density at radius 3 is 2.41 bits per heavy atom. The molecule has 0 aliphatic heterocycles. The zero-order chi connectivity index (χ0) is 21.5. The molecule has 0 aromatic heterocycles. The van der Waals surface area contributed by atoms with E-state index in [1.165, 1.54) is 18.2 Å². The van der Waals surface area contributed by atoms with E-state index in [1.54, 1.807) is 6.92 Å². The van der Waals surface area contributed by atoms with Crippen LogP contribution in [0.1, 0.15) is 28.8 Å². The Hall–Kier alpha value is -1.60. The first-order chi connectivity index (χ1) is 13.6. The smallest absolute Gasteiger partial charge is 0.252 e. The van der Waals surface area contributed by atoms with Gasteiger partial charge in [0, 0.05) is 18.2 Å². The third kappa shape index (κ3) is 4.31. The molecule has 0 saturated heterocycles. The van der Waals surface area contributed by atoms with Crippen molar-refractivity contribution in [3.8, 4) is 0 Å². The van der Waals surface area contributed by atoms with Gasteiger partial charge in [-0.1, -0.05) is 29.3 Å². The summed E-state index contributed by atoms with van der Waals surface area (Å²) in [4.78, 5) is 24.7. The van der Waals surface area contributed by atoms with Crippen molar-refractivity contribution in [2.24, 2.45) is 5.92 Å². The van der Waals surface area contributed by atoms with Crippen molar-refractivity contribution in [2.45, 2.75) is 17.2 Å². The number of rotatable bonds is 5. The van der Waals surface area contributed by atoms with Gasteiger partial charge in [0.05, 0.1) is 21.5 Å². The predicted octanol–water partition coefficient (Wildman–Crippen LogP) is 5.55. The molecule has 29 heavy (non-hydrogen) atoms. The average Bonchev–Trinajstić information content (AvgIpc) is 3.22. The molecule has 2 aromatic carbocycles. The summed E-state index contributed by atoms with van der Waals surface area (Å²) in [5.41, 5.74) is 0.390. The lowest BCUT2D eigenvalue weighted by Gasteiger charge is -2.10. The lowest BCUT2D eigenvalue weighted by molar-refractivity contribution is -0.117. The molecule has 1 saturated carbocycles. The van der Waals surface area contributed by atoms with Crippen LogP contribution in [0.5, 0.6) is 0 Å². The maximum absolute atomic E-state index is 14.1. The molecule has 1 aliphatic carbocycles. The zero-order valence-corrected chi connectivity index (χ0v) is 17.9. The van der Waals surface area contributed by atoms with E-state index in [1.807, 2.05) is 0 Å². The predicted molar refractivity (Wildman–Crippen MR) is 110 cm³/mol. The van der Waals surface area contributed by atoms with Gasteiger partial charge in [0.1, 0.15) is 16.0 Å². The minimum atomic E-state index is -1.45. The number of amides is 2. The molecule has 4 nitrogen and oxygen atoms in total. The number of carbonyl (C=O) groups excluding carboxylic acids is 2. The van der Waals surface area contributed by atoms with E-state index in [2.05, 4.69) is 10.6 Å². The molecule has 2 N–H and O–H groups in total. The van der Waals surface area contributed by atoms with Crippen LogP contribution in [0.25, 0.3) is 0 Å². The number of anilines is 1. The lowest BCUT2D eigenvalue weighted by Crippen LogP contribution is -2.24. The molecule has 1 fully saturated rings. The highest BCUT2D eigenvalue weighted by molar-refractivity contribution is 6.53. The normalized spacial score (nSPS) is 19.6. The number of carbonyl (C=O) groups is 2. The second kappa shape index (κ2) is 8.26. The molecule has 3 rings (SSSR count). The summed E-state index contributed by atoms with van der Waals surface area (Å²) >= 11 is 24.1. The summed E-state index contributed by atoms with van der Waals surface area (Å²) < 4.78 is 26.1. The first-order valence-corrected chi connectivity index (χ1v) is 10.00. The van der Waals surface area contributed by atoms with E-state index in [0.29, 0.717) is 12.1 Å². The maximum atomic E-state index is 14.1. The van der Waals surface area contributed by atoms with Gasteiger partial charge in [0.25, 0.3) is 5.91 Å². The summed E-state index contributed by atoms with van der Waals surface area (Å²) in [6, 6.07) is 6.18. The molecular formula is C19H14Cl4F2N2O2. The van der Waals surface area contributed by atoms with Crippen molar-refractivity contribution in [3.05, 3.63) is 63.1 Å². The number of nitrogens with one attached hydrogen (secondary N) is 2. The van der Waals surface area contributed by atoms with Gasteiger partial charge in [-0.2, -0.15) is 0 Å². The number of halogens is 6. The highest BCUT2D eigenvalue weighted by atomic mass is 35.5. The molecule has 0 spiro atoms. The Bertz CT molecular complexity index is 1000. The highest BCUT2D eigenvalue weighted by Gasteiger charge is 2.67. The van der Waals surface area contributed by atoms with E-state index in [-0.39, 0.29) is 21.3 Å². The average molecular weight is 482 g/mol. The topological polar surface area (TPSA) is 58.2 Å². The van der Waals surface area contributed by atoms with Crippen LogP contribution in [0, 0.1) is 17.6 Å². The van der Waals surface area contributed by atoms with Crippen molar-refractivity contribution in [1.82, 2.24) is 5.32 Å². The second-order valence-electron chi connectivity index (χ2n) is 6.47. The molecule has 2 unspecified atom stereocenters. The molecule has 1 aliphatic rings. The van der Waals surface area contributed by atoms with Gasteiger partial charge >= 0.3 is 0 Å². The van der Waals surface area contributed by atoms with Crippen LogP contribution in [0.4, 0.5) is 14.5 Å². The van der Waals surface area contributed by atoms with E-state index in [9.17, 15) is 18.4 Å². The van der Waals surface area contributed by atoms with Crippen molar-refractivity contribution in [1.29, 1.82) is 0 Å². The summed E-state index contributed by atoms with van der Waals surface area (Å²) in [6.45, 7) is 2.02. The van der Waals surface area contributed by atoms with E-state index in [0.717, 1.165) is 12.1 Å². The van der Waals surface area contributed by atoms with Crippen molar-refractivity contribution in [3.63, 3.8) is 0 Å². The van der Waals surface area contributed by atoms with Crippen molar-refractivity contribution >= 4 is 63.9 Å². The fraction of sp³-hybridized carbons (Fsp3) is 0.263. The van der Waals surface area contributed by atoms with Gasteiger partial charge < -0.3 is 10.6 Å². The molecule has 2 atom stereocenters. The molecule has 10 heteroatoms. The molecule has 0 radical (unpaired) electrons. The third-order valence-electron chi connectivity index (χ3n) is 4.52. The Labute approximate surface area is 185 Å². The van der Waals surface area contributed by atoms with E-state index < -0.39 is 39.6 Å². The fourth-order valence-corrected chi connectivity index (χ4v) is 4.29. The number of benzene rings is 2. The number of alkyl halides is 2. The molecule has 0 heterocycles. The quantitative estimate of drug-likeness (QED) is 0.550. The third-order valence-corrected chi connectivity index (χ3v) is 6.13. The summed E-state index contributed by atoms with van der Waals surface area (Å²) in [5.74, 6) is -4.18. The number of hydrogen-bond acceptors (Lipinski definition) is 2. The van der Waals surface area contributed by atoms with Gasteiger partial charge in [0.15, 0.2) is 0 Å². The Balaban J connectivity index is 1.83. The SMILES string of the molecule is CCNC(=O)c1cc(NC(=O)C2C(c3ccc(F)c(Cl)c3)C2(Cl)Cl)cc(F)c1Cl. The summed E-state index contributed by atoms with van der Waals surface area (Å²) in [6.07, 6.45) is 0. The first-order valence-electron chi connectivity index (χ1n) is 8.48. The minimum Gasteiger partial charge on any atom is -0.352 e. The van der Waals surface area contributed by atoms with Crippen molar-refractivity contribution < 1.29 is 18.4 Å². The van der Waals surface area contributed by atoms with Crippen LogP contribution in [-0.4, -0.2) is 22.7 Å². The highest BCUT2D eigenvalue weighted by Crippen LogP contribution is 2.65. The molecule has 2 amide bonds. The van der Waals surface area contributed by atoms with Crippen molar-refractivity contribution in [2.75, 3.05) is 11.9 Å². The Morgan fingerprint density at radius 2 is 1.79 bits per heavy atom.